The molecule has 24 nitrogen and oxygen atoms in total. The van der Waals surface area contributed by atoms with Crippen LogP contribution in [0.15, 0.2) is 79.0 Å². The van der Waals surface area contributed by atoms with Crippen LogP contribution in [0.1, 0.15) is 108 Å². The summed E-state index contributed by atoms with van der Waals surface area (Å²) in [7, 11) is 5.29. The molecule has 0 aromatic carbocycles. The second-order valence-corrected chi connectivity index (χ2v) is 26.3. The molecule has 0 saturated carbocycles. The largest absolute Gasteiger partial charge is 0.496 e. The minimum absolute atomic E-state index is 0.246. The summed E-state index contributed by atoms with van der Waals surface area (Å²) < 4.78 is 47.8. The fourth-order valence-corrected chi connectivity index (χ4v) is 9.83. The number of nitrogens with zero attached hydrogens (tertiary/aromatic N) is 11. The van der Waals surface area contributed by atoms with E-state index in [1.54, 1.807) is 59.8 Å². The molecule has 0 radical (unpaired) electrons. The standard InChI is InChI=1S/C22H36BN3O5.C20H29N5O3.C15H21N5O.C4H5BrN2/c1-20(2,3)29-19(27)26-10-8-15(9-11-26)14-28-17-12-16(13-25-18(17)24)23-30-21(4,5)22(6,7)31-23;1-20(2,3)28-19(26)25-7-5-14(6-8-25)12-27-17-9-15(10-23-18(17)21)16-11-22-13-24(16)4;1-20-10-18-8-13(20)12-6-14(15(16)19-7-12)21-9-11-2-4-17-5-3-11;1-7-3-6-2-4(7)5/h12-13,15H,8-11,14H2,1-7H3,(H2,24,25);9-11,13-14H,5-8,12H2,1-4H3,(H2,21,23);6-8,10-11,17H,2-5,9H2,1H3,(H2,16,19);2-3H,1H3. The highest BCUT2D eigenvalue weighted by atomic mass is 79.9. The number of carbonyl (C=O) groups excluding carboxylic acids is 2. The van der Waals surface area contributed by atoms with E-state index in [0.29, 0.717) is 98.5 Å². The van der Waals surface area contributed by atoms with Crippen molar-refractivity contribution in [2.24, 2.45) is 38.9 Å². The van der Waals surface area contributed by atoms with Crippen LogP contribution in [0.4, 0.5) is 27.0 Å². The number of anilines is 3. The van der Waals surface area contributed by atoms with Gasteiger partial charge in [0.2, 0.25) is 0 Å². The van der Waals surface area contributed by atoms with Gasteiger partial charge in [0.25, 0.3) is 0 Å². The zero-order valence-corrected chi connectivity index (χ0v) is 54.6. The molecule has 4 aliphatic heterocycles. The molecule has 10 heterocycles. The van der Waals surface area contributed by atoms with E-state index in [-0.39, 0.29) is 12.2 Å². The summed E-state index contributed by atoms with van der Waals surface area (Å²) >= 11 is 3.27. The minimum Gasteiger partial charge on any atom is -0.489 e. The molecule has 2 amide bonds. The molecule has 6 aromatic heterocycles. The molecule has 0 spiro atoms. The summed E-state index contributed by atoms with van der Waals surface area (Å²) in [6.45, 7) is 25.9. The van der Waals surface area contributed by atoms with Crippen molar-refractivity contribution in [1.29, 1.82) is 0 Å². The van der Waals surface area contributed by atoms with E-state index in [4.69, 9.17) is 50.2 Å². The monoisotopic (exact) mass is 1270 g/mol. The summed E-state index contributed by atoms with van der Waals surface area (Å²) in [5.74, 6) is 4.20. The summed E-state index contributed by atoms with van der Waals surface area (Å²) in [6.07, 6.45) is 21.0. The number of carbonyl (C=O) groups is 2. The van der Waals surface area contributed by atoms with Gasteiger partial charge in [0.1, 0.15) is 15.8 Å². The second kappa shape index (κ2) is 29.7. The average molecular weight is 1270 g/mol. The lowest BCUT2D eigenvalue weighted by molar-refractivity contribution is 0.00578. The van der Waals surface area contributed by atoms with Crippen molar-refractivity contribution in [3.8, 4) is 39.8 Å². The van der Waals surface area contributed by atoms with E-state index >= 15 is 0 Å². The van der Waals surface area contributed by atoms with E-state index in [9.17, 15) is 9.59 Å². The number of hydrogen-bond donors (Lipinski definition) is 4. The van der Waals surface area contributed by atoms with Crippen molar-refractivity contribution in [3.63, 3.8) is 0 Å². The van der Waals surface area contributed by atoms with Crippen molar-refractivity contribution in [1.82, 2.24) is 58.7 Å². The number of pyridine rings is 3. The molecule has 4 saturated heterocycles. The SMILES string of the molecule is CC(C)(C)OC(=O)N1CCC(COc2cc(B3OC(C)(C)C(C)(C)O3)cnc2N)CC1.Cn1cncc1-c1cnc(N)c(OCC2CCN(C(=O)OC(C)(C)C)CC2)c1.Cn1cncc1-c1cnc(N)c(OCC2CCNCC2)c1.Cn1cncc1Br. The van der Waals surface area contributed by atoms with Crippen molar-refractivity contribution >= 4 is 58.2 Å². The first kappa shape index (κ1) is 67.4. The van der Waals surface area contributed by atoms with Gasteiger partial charge in [-0.3, -0.25) is 0 Å². The number of hydrogen-bond acceptors (Lipinski definition) is 19. The van der Waals surface area contributed by atoms with Crippen LogP contribution < -0.4 is 42.2 Å². The van der Waals surface area contributed by atoms with Gasteiger partial charge >= 0.3 is 19.3 Å². The zero-order valence-electron chi connectivity index (χ0n) is 53.0. The maximum absolute atomic E-state index is 12.2. The van der Waals surface area contributed by atoms with Gasteiger partial charge in [0.15, 0.2) is 34.7 Å². The number of nitrogens with two attached hydrogens (primary N) is 3. The fraction of sp³-hybridized carbons (Fsp3) is 0.574. The van der Waals surface area contributed by atoms with E-state index in [1.165, 1.54) is 0 Å². The van der Waals surface area contributed by atoms with Gasteiger partial charge in [0, 0.05) is 82.5 Å². The predicted octanol–water partition coefficient (Wildman–Crippen LogP) is 8.70. The second-order valence-electron chi connectivity index (χ2n) is 25.5. The lowest BCUT2D eigenvalue weighted by atomic mass is 9.80. The summed E-state index contributed by atoms with van der Waals surface area (Å²) in [6, 6.07) is 5.69. The maximum atomic E-state index is 12.2. The van der Waals surface area contributed by atoms with Crippen LogP contribution in [-0.2, 0) is 39.9 Å². The van der Waals surface area contributed by atoms with Crippen LogP contribution in [-0.4, -0.2) is 154 Å². The highest BCUT2D eigenvalue weighted by Crippen LogP contribution is 2.37. The normalized spacial score (nSPS) is 17.2. The highest BCUT2D eigenvalue weighted by molar-refractivity contribution is 9.10. The number of aromatic nitrogens is 9. The summed E-state index contributed by atoms with van der Waals surface area (Å²) in [5.41, 5.74) is 20.7. The maximum Gasteiger partial charge on any atom is 0.496 e. The van der Waals surface area contributed by atoms with Crippen molar-refractivity contribution < 1.29 is 42.6 Å². The first-order valence-corrected chi connectivity index (χ1v) is 30.6. The molecule has 10 rings (SSSR count). The summed E-state index contributed by atoms with van der Waals surface area (Å²) in [4.78, 5) is 52.8. The Labute approximate surface area is 521 Å². The molecule has 474 valence electrons. The van der Waals surface area contributed by atoms with Crippen LogP contribution in [0.25, 0.3) is 22.5 Å². The molecular weight excluding hydrogens is 1180 g/mol. The van der Waals surface area contributed by atoms with Crippen molar-refractivity contribution in [3.05, 3.63) is 79.0 Å². The average Bonchev–Trinajstić information content (AvgIpc) is 2.03. The quantitative estimate of drug-likeness (QED) is 0.0833. The number of aryl methyl sites for hydroxylation is 3. The van der Waals surface area contributed by atoms with Gasteiger partial charge in [-0.05, 0) is 173 Å². The number of rotatable bonds is 12. The number of ether oxygens (including phenoxy) is 5. The number of amides is 2. The topological polar surface area (TPSA) is 287 Å². The zero-order chi connectivity index (χ0) is 63.3. The molecule has 87 heavy (non-hydrogen) atoms. The molecule has 0 aliphatic carbocycles. The Morgan fingerprint density at radius 2 is 0.943 bits per heavy atom. The van der Waals surface area contributed by atoms with Gasteiger partial charge in [-0.1, -0.05) is 0 Å². The number of halogens is 1. The fourth-order valence-electron chi connectivity index (χ4n) is 9.62. The Bertz CT molecular complexity index is 3140. The van der Waals surface area contributed by atoms with Crippen LogP contribution >= 0.6 is 15.9 Å². The number of likely N-dealkylation sites (tertiary alicyclic amines) is 2. The smallest absolute Gasteiger partial charge is 0.489 e. The Morgan fingerprint density at radius 3 is 1.29 bits per heavy atom. The van der Waals surface area contributed by atoms with Gasteiger partial charge in [-0.15, -0.1) is 0 Å². The predicted molar refractivity (Wildman–Crippen MR) is 340 cm³/mol. The number of imidazole rings is 3. The number of nitrogens with one attached hydrogen (secondary N) is 1. The summed E-state index contributed by atoms with van der Waals surface area (Å²) in [5, 5.41) is 3.36. The molecule has 26 heteroatoms. The Hall–Kier alpha value is -7.16. The number of piperidine rings is 3. The molecule has 7 N–H and O–H groups in total. The highest BCUT2D eigenvalue weighted by Gasteiger charge is 2.52. The van der Waals surface area contributed by atoms with Crippen LogP contribution in [0.3, 0.4) is 0 Å². The molecule has 6 aromatic rings. The molecular formula is C61H91BBrN15O9. The van der Waals surface area contributed by atoms with E-state index in [1.807, 2.05) is 128 Å². The Balaban J connectivity index is 0.000000178. The van der Waals surface area contributed by atoms with Crippen molar-refractivity contribution in [2.45, 2.75) is 130 Å². The molecule has 4 aliphatic rings. The van der Waals surface area contributed by atoms with E-state index < -0.39 is 29.5 Å². The first-order chi connectivity index (χ1) is 41.0. The first-order valence-electron chi connectivity index (χ1n) is 29.8. The molecule has 0 atom stereocenters. The lowest BCUT2D eigenvalue weighted by Gasteiger charge is -2.33. The molecule has 4 fully saturated rings. The van der Waals surface area contributed by atoms with E-state index in [0.717, 1.165) is 84.2 Å². The third-order valence-electron chi connectivity index (χ3n) is 15.6. The Morgan fingerprint density at radius 1 is 0.575 bits per heavy atom. The van der Waals surface area contributed by atoms with Crippen LogP contribution in [0, 0.1) is 17.8 Å². The third kappa shape index (κ3) is 19.7. The third-order valence-corrected chi connectivity index (χ3v) is 16.4. The Kier molecular flexibility index (Phi) is 23.0. The van der Waals surface area contributed by atoms with Crippen LogP contribution in [0.2, 0.25) is 0 Å². The van der Waals surface area contributed by atoms with Gasteiger partial charge in [0.05, 0.1) is 80.0 Å². The van der Waals surface area contributed by atoms with Crippen molar-refractivity contribution in [2.75, 3.05) is 76.3 Å². The van der Waals surface area contributed by atoms with Gasteiger partial charge in [-0.25, -0.2) is 39.5 Å². The van der Waals surface area contributed by atoms with E-state index in [2.05, 4.69) is 51.2 Å². The molecule has 0 unspecified atom stereocenters. The van der Waals surface area contributed by atoms with Gasteiger partial charge in [-0.2, -0.15) is 0 Å². The molecule has 0 bridgehead atoms. The lowest BCUT2D eigenvalue weighted by Crippen LogP contribution is -2.42. The number of nitrogen functional groups attached to an aromatic ring is 3. The van der Waals surface area contributed by atoms with Gasteiger partial charge < -0.3 is 79.0 Å². The minimum atomic E-state index is -0.516. The van der Waals surface area contributed by atoms with Crippen LogP contribution in [0.5, 0.6) is 17.2 Å².